The van der Waals surface area contributed by atoms with Crippen molar-refractivity contribution >= 4 is 38.3 Å². The summed E-state index contributed by atoms with van der Waals surface area (Å²) in [6.45, 7) is -0.437. The molecule has 0 unspecified atom stereocenters. The number of carbonyl (C=O) groups excluding carboxylic acids is 1. The van der Waals surface area contributed by atoms with Gasteiger partial charge in [0.1, 0.15) is 6.61 Å². The summed E-state index contributed by atoms with van der Waals surface area (Å²) in [4.78, 5) is 12.2. The van der Waals surface area contributed by atoms with Gasteiger partial charge in [0.25, 0.3) is 0 Å². The molecule has 0 fully saturated rings. The van der Waals surface area contributed by atoms with Gasteiger partial charge in [-0.2, -0.15) is 0 Å². The molecular formula is C20H15CsO4. The van der Waals surface area contributed by atoms with Crippen LogP contribution in [0.2, 0.25) is 0 Å². The second-order valence-electron chi connectivity index (χ2n) is 5.67. The van der Waals surface area contributed by atoms with E-state index in [0.29, 0.717) is 5.56 Å². The Morgan fingerprint density at radius 3 is 2.00 bits per heavy atom. The molecule has 0 saturated carbocycles. The molecule has 4 nitrogen and oxygen atoms in total. The first-order valence-corrected chi connectivity index (χ1v) is 7.78. The third-order valence-corrected chi connectivity index (χ3v) is 4.24. The van der Waals surface area contributed by atoms with Crippen molar-refractivity contribution in [3.05, 3.63) is 60.2 Å². The maximum Gasteiger partial charge on any atom is 1.00 e. The first kappa shape index (κ1) is 19.1. The molecule has 0 aromatic heterocycles. The van der Waals surface area contributed by atoms with Crippen LogP contribution in [0.4, 0.5) is 0 Å². The molecule has 0 aliphatic heterocycles. The fourth-order valence-corrected chi connectivity index (χ4v) is 3.21. The summed E-state index contributed by atoms with van der Waals surface area (Å²) in [7, 11) is 0. The van der Waals surface area contributed by atoms with Crippen LogP contribution in [0.1, 0.15) is 10.4 Å². The Bertz CT molecular complexity index is 964. The summed E-state index contributed by atoms with van der Waals surface area (Å²) in [5.74, 6) is -0.407. The van der Waals surface area contributed by atoms with Crippen molar-refractivity contribution in [1.82, 2.24) is 0 Å². The zero-order valence-corrected chi connectivity index (χ0v) is 20.2. The maximum absolute atomic E-state index is 12.2. The van der Waals surface area contributed by atoms with Gasteiger partial charge in [-0.1, -0.05) is 42.5 Å². The molecule has 0 N–H and O–H groups in total. The monoisotopic (exact) mass is 452 g/mol. The first-order chi connectivity index (χ1) is 11.8. The van der Waals surface area contributed by atoms with Crippen LogP contribution in [0.5, 0.6) is 0 Å². The second kappa shape index (κ2) is 8.37. The molecule has 0 saturated heterocycles. The van der Waals surface area contributed by atoms with Crippen molar-refractivity contribution < 1.29 is 88.3 Å². The molecule has 0 aliphatic rings. The summed E-state index contributed by atoms with van der Waals surface area (Å²) in [6, 6.07) is 18.1. The van der Waals surface area contributed by atoms with Crippen molar-refractivity contribution in [2.45, 2.75) is 0 Å². The predicted octanol–water partition coefficient (Wildman–Crippen LogP) is 0.0792. The number of esters is 1. The van der Waals surface area contributed by atoms with Gasteiger partial charge in [0, 0.05) is 0 Å². The minimum atomic E-state index is -0.627. The molecule has 0 amide bonds. The van der Waals surface area contributed by atoms with Crippen LogP contribution in [0, 0.1) is 0 Å². The molecule has 25 heavy (non-hydrogen) atoms. The molecule has 0 bridgehead atoms. The summed E-state index contributed by atoms with van der Waals surface area (Å²) in [5.41, 5.74) is 0.503. The zero-order valence-electron chi connectivity index (χ0n) is 14.0. The minimum Gasteiger partial charge on any atom is -0.834 e. The van der Waals surface area contributed by atoms with Crippen molar-refractivity contribution in [2.75, 3.05) is 20.0 Å². The van der Waals surface area contributed by atoms with Gasteiger partial charge in [-0.05, 0) is 51.2 Å². The average molecular weight is 452 g/mol. The Hall–Kier alpha value is -0.638. The van der Waals surface area contributed by atoms with E-state index in [-0.39, 0.29) is 82.1 Å². The normalized spacial score (nSPS) is 11.1. The first-order valence-electron chi connectivity index (χ1n) is 7.78. The van der Waals surface area contributed by atoms with Crippen LogP contribution in [-0.4, -0.2) is 26.0 Å². The number of hydrogen-bond acceptors (Lipinski definition) is 4. The fraction of sp³-hybridized carbons (Fsp3) is 0.150. The molecule has 4 aromatic rings. The molecule has 120 valence electrons. The minimum absolute atomic E-state index is 0. The smallest absolute Gasteiger partial charge is 0.834 e. The predicted molar refractivity (Wildman–Crippen MR) is 91.2 cm³/mol. The quantitative estimate of drug-likeness (QED) is 0.186. The fourth-order valence-electron chi connectivity index (χ4n) is 3.21. The van der Waals surface area contributed by atoms with Gasteiger partial charge < -0.3 is 14.6 Å². The number of carbonyl (C=O) groups is 1. The summed E-state index contributed by atoms with van der Waals surface area (Å²) in [6.07, 6.45) is 0. The van der Waals surface area contributed by atoms with Crippen LogP contribution < -0.4 is 74.0 Å². The molecule has 0 radical (unpaired) electrons. The summed E-state index contributed by atoms with van der Waals surface area (Å²) < 4.78 is 9.80. The third kappa shape index (κ3) is 3.74. The van der Waals surface area contributed by atoms with Gasteiger partial charge in [-0.25, -0.2) is 4.79 Å². The topological polar surface area (TPSA) is 58.6 Å². The van der Waals surface area contributed by atoms with Gasteiger partial charge in [0.15, 0.2) is 0 Å². The van der Waals surface area contributed by atoms with Gasteiger partial charge in [0.05, 0.1) is 12.2 Å². The van der Waals surface area contributed by atoms with Crippen molar-refractivity contribution in [3.63, 3.8) is 0 Å². The summed E-state index contributed by atoms with van der Waals surface area (Å²) in [5, 5.41) is 17.0. The van der Waals surface area contributed by atoms with Gasteiger partial charge in [0.2, 0.25) is 0 Å². The van der Waals surface area contributed by atoms with E-state index >= 15 is 0 Å². The Morgan fingerprint density at radius 1 is 0.840 bits per heavy atom. The molecule has 4 rings (SSSR count). The van der Waals surface area contributed by atoms with Crippen molar-refractivity contribution in [1.29, 1.82) is 0 Å². The Kier molecular flexibility index (Phi) is 6.40. The number of benzene rings is 4. The summed E-state index contributed by atoms with van der Waals surface area (Å²) >= 11 is 0. The van der Waals surface area contributed by atoms with Crippen LogP contribution in [0.25, 0.3) is 32.3 Å². The molecule has 5 heteroatoms. The molecule has 0 aliphatic carbocycles. The molecule has 4 aromatic carbocycles. The van der Waals surface area contributed by atoms with Crippen LogP contribution >= 0.6 is 0 Å². The molecular weight excluding hydrogens is 437 g/mol. The van der Waals surface area contributed by atoms with Crippen LogP contribution in [0.3, 0.4) is 0 Å². The van der Waals surface area contributed by atoms with E-state index in [2.05, 4.69) is 35.1 Å². The van der Waals surface area contributed by atoms with E-state index in [4.69, 9.17) is 4.74 Å². The Labute approximate surface area is 203 Å². The third-order valence-electron chi connectivity index (χ3n) is 4.24. The van der Waals surface area contributed by atoms with E-state index in [1.807, 2.05) is 24.3 Å². The number of ether oxygens (including phenoxy) is 2. The van der Waals surface area contributed by atoms with E-state index in [1.165, 1.54) is 16.2 Å². The SMILES string of the molecule is O=C(OCCOC[O-])c1cc2ccc3cccc4ccc(c1)c2c34.[Cs+]. The van der Waals surface area contributed by atoms with E-state index in [9.17, 15) is 9.90 Å². The standard InChI is InChI=1S/C20H15O4.Cs/c21-12-23-8-9-24-20(22)17-10-15-6-4-13-2-1-3-14-5-7-16(11-17)19(15)18(13)14;/h1-7,10-11H,8-9,12H2;/q-1;+1. The number of hydrogen-bond donors (Lipinski definition) is 0. The molecule has 0 heterocycles. The Morgan fingerprint density at radius 2 is 1.40 bits per heavy atom. The van der Waals surface area contributed by atoms with Gasteiger partial charge >= 0.3 is 74.9 Å². The van der Waals surface area contributed by atoms with E-state index < -0.39 is 12.8 Å². The van der Waals surface area contributed by atoms with E-state index in [1.54, 1.807) is 0 Å². The Balaban J connectivity index is 0.00000182. The second-order valence-corrected chi connectivity index (χ2v) is 5.67. The number of rotatable bonds is 5. The van der Waals surface area contributed by atoms with Crippen LogP contribution in [0.15, 0.2) is 54.6 Å². The maximum atomic E-state index is 12.2. The van der Waals surface area contributed by atoms with Gasteiger partial charge in [-0.3, -0.25) is 0 Å². The average Bonchev–Trinajstić information content (AvgIpc) is 2.63. The zero-order chi connectivity index (χ0) is 16.5. The van der Waals surface area contributed by atoms with Crippen LogP contribution in [-0.2, 0) is 9.47 Å². The van der Waals surface area contributed by atoms with E-state index in [0.717, 1.165) is 16.2 Å². The molecule has 0 spiro atoms. The van der Waals surface area contributed by atoms with Crippen molar-refractivity contribution in [3.8, 4) is 0 Å². The largest absolute Gasteiger partial charge is 1.00 e. The van der Waals surface area contributed by atoms with Crippen molar-refractivity contribution in [2.24, 2.45) is 0 Å². The van der Waals surface area contributed by atoms with Gasteiger partial charge in [-0.15, -0.1) is 0 Å². The molecule has 0 atom stereocenters.